The summed E-state index contributed by atoms with van der Waals surface area (Å²) in [7, 11) is 0. The first-order valence-corrected chi connectivity index (χ1v) is 8.46. The number of hydrogen-bond donors (Lipinski definition) is 2. The van der Waals surface area contributed by atoms with Crippen molar-refractivity contribution < 1.29 is 4.79 Å². The van der Waals surface area contributed by atoms with Crippen LogP contribution in [-0.2, 0) is 0 Å². The number of imidazole rings is 1. The quantitative estimate of drug-likeness (QED) is 0.502. The van der Waals surface area contributed by atoms with Crippen LogP contribution in [0.2, 0.25) is 0 Å². The molecular formula is C18H15Cl2N5OS. The van der Waals surface area contributed by atoms with Crippen LogP contribution in [0.1, 0.15) is 10.5 Å². The number of carbonyl (C=O) groups is 1. The minimum absolute atomic E-state index is 0. The van der Waals surface area contributed by atoms with Gasteiger partial charge in [0.25, 0.3) is 5.91 Å². The lowest BCUT2D eigenvalue weighted by Crippen LogP contribution is -2.13. The van der Waals surface area contributed by atoms with Crippen molar-refractivity contribution in [2.45, 2.75) is 0 Å². The summed E-state index contributed by atoms with van der Waals surface area (Å²) in [5.41, 5.74) is 2.69. The molecule has 0 aliphatic heterocycles. The number of amides is 1. The Kier molecular flexibility index (Phi) is 7.06. The van der Waals surface area contributed by atoms with Crippen LogP contribution in [-0.4, -0.2) is 25.8 Å². The highest BCUT2D eigenvalue weighted by Gasteiger charge is 2.20. The van der Waals surface area contributed by atoms with E-state index in [9.17, 15) is 4.79 Å². The van der Waals surface area contributed by atoms with Crippen LogP contribution in [0.15, 0.2) is 66.4 Å². The van der Waals surface area contributed by atoms with Gasteiger partial charge in [-0.05, 0) is 12.1 Å². The summed E-state index contributed by atoms with van der Waals surface area (Å²) >= 11 is 1.36. The Balaban J connectivity index is 0.00000131. The van der Waals surface area contributed by atoms with Crippen molar-refractivity contribution in [3.8, 4) is 22.6 Å². The molecule has 1 amide bonds. The van der Waals surface area contributed by atoms with Gasteiger partial charge in [-0.15, -0.1) is 36.2 Å². The number of rotatable bonds is 4. The Labute approximate surface area is 171 Å². The van der Waals surface area contributed by atoms with Gasteiger partial charge in [-0.1, -0.05) is 30.3 Å². The van der Waals surface area contributed by atoms with E-state index in [1.807, 2.05) is 47.8 Å². The van der Waals surface area contributed by atoms with Gasteiger partial charge in [0.2, 0.25) is 0 Å². The molecule has 27 heavy (non-hydrogen) atoms. The van der Waals surface area contributed by atoms with E-state index in [0.717, 1.165) is 11.1 Å². The van der Waals surface area contributed by atoms with E-state index in [1.54, 1.807) is 18.6 Å². The van der Waals surface area contributed by atoms with E-state index in [0.29, 0.717) is 22.3 Å². The van der Waals surface area contributed by atoms with E-state index < -0.39 is 0 Å². The molecule has 9 heteroatoms. The maximum atomic E-state index is 12.7. The summed E-state index contributed by atoms with van der Waals surface area (Å²) in [5.74, 6) is 0.355. The molecule has 0 aliphatic carbocycles. The molecule has 1 aromatic carbocycles. The Hall–Kier alpha value is -2.74. The average molecular weight is 420 g/mol. The summed E-state index contributed by atoms with van der Waals surface area (Å²) in [4.78, 5) is 28.6. The third-order valence-electron chi connectivity index (χ3n) is 3.58. The second-order valence-corrected chi connectivity index (χ2v) is 6.10. The largest absolute Gasteiger partial charge is 0.333 e. The first-order valence-electron chi connectivity index (χ1n) is 7.58. The molecule has 2 N–H and O–H groups in total. The molecule has 4 rings (SSSR count). The topological polar surface area (TPSA) is 83.6 Å². The molecule has 0 saturated carbocycles. The minimum Gasteiger partial charge on any atom is -0.333 e. The first-order chi connectivity index (χ1) is 12.3. The number of pyridine rings is 1. The van der Waals surface area contributed by atoms with Crippen molar-refractivity contribution in [1.29, 1.82) is 0 Å². The van der Waals surface area contributed by atoms with E-state index in [-0.39, 0.29) is 30.7 Å². The van der Waals surface area contributed by atoms with Crippen LogP contribution >= 0.6 is 36.2 Å². The van der Waals surface area contributed by atoms with Crippen molar-refractivity contribution in [2.75, 3.05) is 5.32 Å². The molecule has 0 atom stereocenters. The predicted octanol–water partition coefficient (Wildman–Crippen LogP) is 4.69. The second-order valence-electron chi connectivity index (χ2n) is 5.20. The Morgan fingerprint density at radius 1 is 0.963 bits per heavy atom. The van der Waals surface area contributed by atoms with Crippen molar-refractivity contribution in [1.82, 2.24) is 19.9 Å². The molecule has 0 bridgehead atoms. The van der Waals surface area contributed by atoms with Crippen LogP contribution in [0.3, 0.4) is 0 Å². The highest BCUT2D eigenvalue weighted by atomic mass is 35.5. The number of thiazole rings is 1. The molecule has 4 aromatic rings. The lowest BCUT2D eigenvalue weighted by atomic mass is 10.1. The molecule has 0 spiro atoms. The van der Waals surface area contributed by atoms with Crippen molar-refractivity contribution in [3.05, 3.63) is 72.1 Å². The standard InChI is InChI=1S/C18H13N5OS.2ClH/c24-17(23-18-20-10-11-25-18)15-14(12-6-8-19-9-7-12)21-16(22-15)13-4-2-1-3-5-13;;/h1-11H,(H,21,22)(H,20,23,24);2*1H. The van der Waals surface area contributed by atoms with Gasteiger partial charge in [0, 0.05) is 35.1 Å². The second kappa shape index (κ2) is 9.27. The zero-order chi connectivity index (χ0) is 17.1. The zero-order valence-corrected chi connectivity index (χ0v) is 16.3. The predicted molar refractivity (Wildman–Crippen MR) is 112 cm³/mol. The van der Waals surface area contributed by atoms with Gasteiger partial charge < -0.3 is 4.98 Å². The fourth-order valence-corrected chi connectivity index (χ4v) is 2.96. The summed E-state index contributed by atoms with van der Waals surface area (Å²) in [5, 5.41) is 5.15. The number of nitrogens with one attached hydrogen (secondary N) is 2. The average Bonchev–Trinajstić information content (AvgIpc) is 3.33. The monoisotopic (exact) mass is 419 g/mol. The number of nitrogens with zero attached hydrogens (tertiary/aromatic N) is 3. The number of H-pyrrole nitrogens is 1. The van der Waals surface area contributed by atoms with Gasteiger partial charge in [0.15, 0.2) is 5.13 Å². The Morgan fingerprint density at radius 2 is 1.70 bits per heavy atom. The van der Waals surface area contributed by atoms with Crippen LogP contribution in [0.4, 0.5) is 5.13 Å². The van der Waals surface area contributed by atoms with E-state index in [2.05, 4.69) is 25.3 Å². The Bertz CT molecular complexity index is 991. The van der Waals surface area contributed by atoms with Crippen LogP contribution < -0.4 is 5.32 Å². The molecule has 3 aromatic heterocycles. The fourth-order valence-electron chi connectivity index (χ4n) is 2.43. The van der Waals surface area contributed by atoms with Crippen LogP contribution in [0.5, 0.6) is 0 Å². The highest BCUT2D eigenvalue weighted by Crippen LogP contribution is 2.26. The van der Waals surface area contributed by atoms with E-state index >= 15 is 0 Å². The first kappa shape index (κ1) is 20.6. The summed E-state index contributed by atoms with van der Waals surface area (Å²) in [6.45, 7) is 0. The number of hydrogen-bond acceptors (Lipinski definition) is 5. The van der Waals surface area contributed by atoms with Crippen molar-refractivity contribution in [2.24, 2.45) is 0 Å². The summed E-state index contributed by atoms with van der Waals surface area (Å²) in [6, 6.07) is 13.3. The van der Waals surface area contributed by atoms with Crippen molar-refractivity contribution in [3.63, 3.8) is 0 Å². The number of aromatic nitrogens is 4. The smallest absolute Gasteiger partial charge is 0.276 e. The van der Waals surface area contributed by atoms with Gasteiger partial charge in [0.1, 0.15) is 17.2 Å². The normalized spacial score (nSPS) is 9.78. The lowest BCUT2D eigenvalue weighted by Gasteiger charge is -2.02. The Morgan fingerprint density at radius 3 is 2.37 bits per heavy atom. The molecule has 0 aliphatic rings. The van der Waals surface area contributed by atoms with Gasteiger partial charge in [-0.2, -0.15) is 0 Å². The van der Waals surface area contributed by atoms with Gasteiger partial charge in [-0.3, -0.25) is 15.1 Å². The zero-order valence-electron chi connectivity index (χ0n) is 13.8. The summed E-state index contributed by atoms with van der Waals surface area (Å²) in [6.07, 6.45) is 5.00. The van der Waals surface area contributed by atoms with E-state index in [1.165, 1.54) is 11.3 Å². The highest BCUT2D eigenvalue weighted by molar-refractivity contribution is 7.13. The maximum Gasteiger partial charge on any atom is 0.276 e. The number of anilines is 1. The third kappa shape index (κ3) is 4.51. The lowest BCUT2D eigenvalue weighted by molar-refractivity contribution is 0.102. The van der Waals surface area contributed by atoms with Crippen molar-refractivity contribution >= 4 is 47.2 Å². The number of benzene rings is 1. The molecular weight excluding hydrogens is 405 g/mol. The SMILES string of the molecule is Cl.Cl.O=C(Nc1nccs1)c1[nH]c(-c2ccccc2)nc1-c1ccncc1. The molecule has 0 unspecified atom stereocenters. The minimum atomic E-state index is -0.281. The molecule has 6 nitrogen and oxygen atoms in total. The number of carbonyl (C=O) groups excluding carboxylic acids is 1. The van der Waals surface area contributed by atoms with Gasteiger partial charge in [0.05, 0.1) is 0 Å². The summed E-state index contributed by atoms with van der Waals surface area (Å²) < 4.78 is 0. The third-order valence-corrected chi connectivity index (χ3v) is 4.27. The molecule has 138 valence electrons. The number of aromatic amines is 1. The fraction of sp³-hybridized carbons (Fsp3) is 0. The van der Waals surface area contributed by atoms with Crippen LogP contribution in [0, 0.1) is 0 Å². The number of halogens is 2. The molecule has 0 radical (unpaired) electrons. The van der Waals surface area contributed by atoms with Crippen LogP contribution in [0.25, 0.3) is 22.6 Å². The van der Waals surface area contributed by atoms with Gasteiger partial charge in [-0.25, -0.2) is 9.97 Å². The maximum absolute atomic E-state index is 12.7. The van der Waals surface area contributed by atoms with Gasteiger partial charge >= 0.3 is 0 Å². The molecule has 0 saturated heterocycles. The molecule has 0 fully saturated rings. The molecule has 3 heterocycles. The van der Waals surface area contributed by atoms with E-state index in [4.69, 9.17) is 0 Å².